The number of amides is 4. The molecule has 1 aliphatic carbocycles. The van der Waals surface area contributed by atoms with Crippen molar-refractivity contribution in [3.05, 3.63) is 23.8 Å². The first-order valence-corrected chi connectivity index (χ1v) is 8.31. The molecule has 1 saturated heterocycles. The molecule has 0 unspecified atom stereocenters. The van der Waals surface area contributed by atoms with E-state index < -0.39 is 17.5 Å². The van der Waals surface area contributed by atoms with Crippen molar-refractivity contribution in [2.45, 2.75) is 31.3 Å². The maximum absolute atomic E-state index is 12.8. The molecule has 25 heavy (non-hydrogen) atoms. The topological polar surface area (TPSA) is 97.0 Å². The molecule has 132 valence electrons. The van der Waals surface area contributed by atoms with Crippen LogP contribution in [0.2, 0.25) is 0 Å². The zero-order chi connectivity index (χ0) is 17.6. The monoisotopic (exact) mass is 345 g/mol. The van der Waals surface area contributed by atoms with Crippen LogP contribution >= 0.6 is 0 Å². The van der Waals surface area contributed by atoms with Gasteiger partial charge in [0.2, 0.25) is 5.91 Å². The Labute approximate surface area is 144 Å². The van der Waals surface area contributed by atoms with Crippen LogP contribution in [0.1, 0.15) is 25.3 Å². The van der Waals surface area contributed by atoms with Crippen molar-refractivity contribution in [3.63, 3.8) is 0 Å². The molecule has 2 aliphatic heterocycles. The molecule has 0 bridgehead atoms. The first-order valence-electron chi connectivity index (χ1n) is 8.31. The van der Waals surface area contributed by atoms with Gasteiger partial charge in [-0.1, -0.05) is 6.07 Å². The summed E-state index contributed by atoms with van der Waals surface area (Å²) in [6.45, 7) is 2.25. The van der Waals surface area contributed by atoms with Gasteiger partial charge in [0.1, 0.15) is 25.3 Å². The maximum Gasteiger partial charge on any atom is 0.325 e. The van der Waals surface area contributed by atoms with E-state index in [9.17, 15) is 14.4 Å². The summed E-state index contributed by atoms with van der Waals surface area (Å²) in [6, 6.07) is 4.74. The van der Waals surface area contributed by atoms with E-state index in [2.05, 4.69) is 10.6 Å². The summed E-state index contributed by atoms with van der Waals surface area (Å²) in [5, 5.41) is 5.47. The SMILES string of the molecule is C[C@]1(c2ccc3c(c2)OCCO3)NC(=O)N(CC(=O)NC2CC2)C1=O. The first-order chi connectivity index (χ1) is 12.0. The lowest BCUT2D eigenvalue weighted by molar-refractivity contribution is -0.134. The standard InChI is InChI=1S/C17H19N3O5/c1-17(10-2-5-12-13(8-10)25-7-6-24-12)15(22)20(16(23)19-17)9-14(21)18-11-3-4-11/h2,5,8,11H,3-4,6-7,9H2,1H3,(H,18,21)(H,19,23)/t17-/m1/s1. The number of nitrogens with one attached hydrogen (secondary N) is 2. The van der Waals surface area contributed by atoms with E-state index in [1.54, 1.807) is 25.1 Å². The molecule has 2 heterocycles. The van der Waals surface area contributed by atoms with Gasteiger partial charge in [0.15, 0.2) is 11.5 Å². The van der Waals surface area contributed by atoms with Crippen LogP contribution in [0.4, 0.5) is 4.79 Å². The van der Waals surface area contributed by atoms with Crippen LogP contribution in [0.5, 0.6) is 11.5 Å². The summed E-state index contributed by atoms with van der Waals surface area (Å²) in [7, 11) is 0. The Morgan fingerprint density at radius 3 is 2.72 bits per heavy atom. The molecule has 1 aromatic carbocycles. The molecule has 0 spiro atoms. The molecule has 1 aromatic rings. The predicted molar refractivity (Wildman–Crippen MR) is 86.2 cm³/mol. The molecule has 0 radical (unpaired) electrons. The van der Waals surface area contributed by atoms with Gasteiger partial charge in [-0.2, -0.15) is 0 Å². The third-order valence-electron chi connectivity index (χ3n) is 4.64. The second-order valence-corrected chi connectivity index (χ2v) is 6.65. The fourth-order valence-electron chi connectivity index (χ4n) is 3.04. The van der Waals surface area contributed by atoms with Crippen molar-refractivity contribution < 1.29 is 23.9 Å². The largest absolute Gasteiger partial charge is 0.486 e. The highest BCUT2D eigenvalue weighted by Gasteiger charge is 2.50. The van der Waals surface area contributed by atoms with Crippen LogP contribution < -0.4 is 20.1 Å². The van der Waals surface area contributed by atoms with Gasteiger partial charge in [-0.25, -0.2) is 4.79 Å². The number of fused-ring (bicyclic) bond motifs is 1. The highest BCUT2D eigenvalue weighted by molar-refractivity contribution is 6.09. The van der Waals surface area contributed by atoms with Gasteiger partial charge in [0.25, 0.3) is 5.91 Å². The molecule has 4 rings (SSSR count). The van der Waals surface area contributed by atoms with Crippen molar-refractivity contribution in [3.8, 4) is 11.5 Å². The third kappa shape index (κ3) is 2.77. The molecule has 2 N–H and O–H groups in total. The minimum absolute atomic E-state index is 0.178. The van der Waals surface area contributed by atoms with Gasteiger partial charge in [0.05, 0.1) is 0 Å². The minimum atomic E-state index is -1.24. The lowest BCUT2D eigenvalue weighted by atomic mass is 9.91. The number of rotatable bonds is 4. The third-order valence-corrected chi connectivity index (χ3v) is 4.64. The molecular formula is C17H19N3O5. The van der Waals surface area contributed by atoms with Crippen LogP contribution in [0.25, 0.3) is 0 Å². The second kappa shape index (κ2) is 5.65. The fraction of sp³-hybridized carbons (Fsp3) is 0.471. The Hall–Kier alpha value is -2.77. The van der Waals surface area contributed by atoms with E-state index in [0.717, 1.165) is 17.7 Å². The number of urea groups is 1. The number of hydrogen-bond acceptors (Lipinski definition) is 5. The van der Waals surface area contributed by atoms with Gasteiger partial charge in [0, 0.05) is 6.04 Å². The highest BCUT2D eigenvalue weighted by atomic mass is 16.6. The zero-order valence-corrected chi connectivity index (χ0v) is 13.8. The summed E-state index contributed by atoms with van der Waals surface area (Å²) in [4.78, 5) is 38.0. The van der Waals surface area contributed by atoms with Gasteiger partial charge in [-0.15, -0.1) is 0 Å². The van der Waals surface area contributed by atoms with Crippen molar-refractivity contribution in [2.24, 2.45) is 0 Å². The smallest absolute Gasteiger partial charge is 0.325 e. The average Bonchev–Trinajstić information content (AvgIpc) is 3.38. The van der Waals surface area contributed by atoms with Gasteiger partial charge < -0.3 is 20.1 Å². The number of ether oxygens (including phenoxy) is 2. The van der Waals surface area contributed by atoms with Crippen molar-refractivity contribution in [1.82, 2.24) is 15.5 Å². The predicted octanol–water partition coefficient (Wildman–Crippen LogP) is 0.503. The number of carbonyl (C=O) groups is 3. The van der Waals surface area contributed by atoms with E-state index in [1.165, 1.54) is 0 Å². The molecule has 1 saturated carbocycles. The Kier molecular flexibility index (Phi) is 3.55. The minimum Gasteiger partial charge on any atom is -0.486 e. The maximum atomic E-state index is 12.8. The van der Waals surface area contributed by atoms with E-state index >= 15 is 0 Å². The lowest BCUT2D eigenvalue weighted by Gasteiger charge is -2.25. The molecule has 0 aromatic heterocycles. The van der Waals surface area contributed by atoms with E-state index in [1.807, 2.05) is 0 Å². The zero-order valence-electron chi connectivity index (χ0n) is 13.8. The first kappa shape index (κ1) is 15.7. The molecule has 2 fully saturated rings. The van der Waals surface area contributed by atoms with Crippen molar-refractivity contribution in [1.29, 1.82) is 0 Å². The lowest BCUT2D eigenvalue weighted by Crippen LogP contribution is -2.43. The van der Waals surface area contributed by atoms with Crippen LogP contribution in [0, 0.1) is 0 Å². The molecule has 8 heteroatoms. The summed E-state index contributed by atoms with van der Waals surface area (Å²) in [5.41, 5.74) is -0.660. The Morgan fingerprint density at radius 2 is 2.00 bits per heavy atom. The van der Waals surface area contributed by atoms with Crippen LogP contribution in [0.15, 0.2) is 18.2 Å². The normalized spacial score (nSPS) is 24.9. The number of hydrogen-bond donors (Lipinski definition) is 2. The van der Waals surface area contributed by atoms with Crippen LogP contribution in [-0.2, 0) is 15.1 Å². The molecule has 4 amide bonds. The number of imide groups is 1. The van der Waals surface area contributed by atoms with Crippen molar-refractivity contribution in [2.75, 3.05) is 19.8 Å². The van der Waals surface area contributed by atoms with E-state index in [0.29, 0.717) is 30.3 Å². The van der Waals surface area contributed by atoms with Gasteiger partial charge in [-0.3, -0.25) is 14.5 Å². The van der Waals surface area contributed by atoms with Gasteiger partial charge in [-0.05, 0) is 37.5 Å². The van der Waals surface area contributed by atoms with Crippen molar-refractivity contribution >= 4 is 17.8 Å². The fourth-order valence-corrected chi connectivity index (χ4v) is 3.04. The number of nitrogens with zero attached hydrogens (tertiary/aromatic N) is 1. The quantitative estimate of drug-likeness (QED) is 0.775. The number of benzene rings is 1. The summed E-state index contributed by atoms with van der Waals surface area (Å²) < 4.78 is 11.0. The highest BCUT2D eigenvalue weighted by Crippen LogP contribution is 2.36. The average molecular weight is 345 g/mol. The number of carbonyl (C=O) groups excluding carboxylic acids is 3. The van der Waals surface area contributed by atoms with E-state index in [-0.39, 0.29) is 18.5 Å². The Bertz CT molecular complexity index is 761. The molecule has 3 aliphatic rings. The summed E-state index contributed by atoms with van der Waals surface area (Å²) in [5.74, 6) is 0.366. The summed E-state index contributed by atoms with van der Waals surface area (Å²) in [6.07, 6.45) is 1.89. The second-order valence-electron chi connectivity index (χ2n) is 6.65. The summed E-state index contributed by atoms with van der Waals surface area (Å²) >= 11 is 0. The molecule has 8 nitrogen and oxygen atoms in total. The van der Waals surface area contributed by atoms with Gasteiger partial charge >= 0.3 is 6.03 Å². The molecule has 1 atom stereocenters. The Balaban J connectivity index is 1.55. The van der Waals surface area contributed by atoms with E-state index in [4.69, 9.17) is 9.47 Å². The van der Waals surface area contributed by atoms with Crippen LogP contribution in [-0.4, -0.2) is 48.5 Å². The van der Waals surface area contributed by atoms with Crippen LogP contribution in [0.3, 0.4) is 0 Å². The Morgan fingerprint density at radius 1 is 1.28 bits per heavy atom. The molecular weight excluding hydrogens is 326 g/mol.